The number of aromatic nitrogens is 2. The van der Waals surface area contributed by atoms with Crippen LogP contribution in [-0.4, -0.2) is 64.6 Å². The van der Waals surface area contributed by atoms with Crippen LogP contribution in [0.15, 0.2) is 40.1 Å². The fourth-order valence-electron chi connectivity index (χ4n) is 2.64. The second-order valence-corrected chi connectivity index (χ2v) is 5.51. The van der Waals surface area contributed by atoms with Gasteiger partial charge in [0.25, 0.3) is 5.91 Å². The number of nitrogens with zero attached hydrogens (tertiary/aromatic N) is 4. The third kappa shape index (κ3) is 4.97. The summed E-state index contributed by atoms with van der Waals surface area (Å²) in [6, 6.07) is 5.34. The molecule has 9 heteroatoms. The summed E-state index contributed by atoms with van der Waals surface area (Å²) in [4.78, 5) is 20.9. The zero-order chi connectivity index (χ0) is 16.8. The van der Waals surface area contributed by atoms with Crippen LogP contribution in [0.2, 0.25) is 0 Å². The standard InChI is InChI=1S/C16H22N6O2.HI/c1-2-17-16(18-12-13-5-6-19-20-13)22-9-7-21(8-10-22)15(23)14-4-3-11-24-14;/h3-6,11H,2,7-10,12H2,1H3,(H,17,18)(H,19,20);1H. The number of H-pyrrole nitrogens is 1. The van der Waals surface area contributed by atoms with Crippen molar-refractivity contribution in [2.75, 3.05) is 32.7 Å². The average Bonchev–Trinajstić information content (AvgIpc) is 3.31. The highest BCUT2D eigenvalue weighted by molar-refractivity contribution is 14.0. The lowest BCUT2D eigenvalue weighted by molar-refractivity contribution is 0.0657. The van der Waals surface area contributed by atoms with Gasteiger partial charge in [-0.25, -0.2) is 4.99 Å². The maximum absolute atomic E-state index is 12.3. The minimum Gasteiger partial charge on any atom is -0.459 e. The molecule has 25 heavy (non-hydrogen) atoms. The fourth-order valence-corrected chi connectivity index (χ4v) is 2.64. The molecule has 0 radical (unpaired) electrons. The second kappa shape index (κ2) is 9.44. The van der Waals surface area contributed by atoms with E-state index in [0.29, 0.717) is 25.4 Å². The summed E-state index contributed by atoms with van der Waals surface area (Å²) in [5, 5.41) is 10.1. The number of nitrogens with one attached hydrogen (secondary N) is 2. The van der Waals surface area contributed by atoms with Crippen molar-refractivity contribution in [1.82, 2.24) is 25.3 Å². The van der Waals surface area contributed by atoms with E-state index in [1.807, 2.05) is 17.9 Å². The van der Waals surface area contributed by atoms with Gasteiger partial charge in [0.1, 0.15) is 0 Å². The highest BCUT2D eigenvalue weighted by Gasteiger charge is 2.25. The topological polar surface area (TPSA) is 89.8 Å². The Hall–Kier alpha value is -2.04. The number of amides is 1. The molecule has 1 aliphatic rings. The van der Waals surface area contributed by atoms with E-state index in [4.69, 9.17) is 4.42 Å². The van der Waals surface area contributed by atoms with Gasteiger partial charge in [0.2, 0.25) is 0 Å². The van der Waals surface area contributed by atoms with Gasteiger partial charge in [-0.2, -0.15) is 5.10 Å². The number of rotatable bonds is 4. The van der Waals surface area contributed by atoms with Crippen LogP contribution in [0.4, 0.5) is 0 Å². The maximum Gasteiger partial charge on any atom is 0.289 e. The van der Waals surface area contributed by atoms with Gasteiger partial charge in [-0.3, -0.25) is 9.89 Å². The van der Waals surface area contributed by atoms with Crippen LogP contribution in [0, 0.1) is 0 Å². The van der Waals surface area contributed by atoms with Crippen LogP contribution in [-0.2, 0) is 6.54 Å². The number of hydrogen-bond acceptors (Lipinski definition) is 4. The van der Waals surface area contributed by atoms with Gasteiger partial charge in [0.05, 0.1) is 18.5 Å². The van der Waals surface area contributed by atoms with Gasteiger partial charge >= 0.3 is 0 Å². The SMILES string of the molecule is CCNC(=NCc1ccn[nH]1)N1CCN(C(=O)c2ccco2)CC1.I. The van der Waals surface area contributed by atoms with E-state index in [1.54, 1.807) is 18.3 Å². The molecule has 0 aromatic carbocycles. The summed E-state index contributed by atoms with van der Waals surface area (Å²) in [6.07, 6.45) is 3.24. The molecular formula is C16H23IN6O2. The van der Waals surface area contributed by atoms with Crippen molar-refractivity contribution in [2.45, 2.75) is 13.5 Å². The molecule has 2 N–H and O–H groups in total. The predicted octanol–water partition coefficient (Wildman–Crippen LogP) is 1.54. The lowest BCUT2D eigenvalue weighted by Gasteiger charge is -2.36. The maximum atomic E-state index is 12.3. The molecule has 1 amide bonds. The summed E-state index contributed by atoms with van der Waals surface area (Å²) in [5.41, 5.74) is 0.969. The van der Waals surface area contributed by atoms with E-state index in [0.717, 1.165) is 31.3 Å². The Labute approximate surface area is 163 Å². The van der Waals surface area contributed by atoms with E-state index < -0.39 is 0 Å². The number of piperazine rings is 1. The minimum atomic E-state index is -0.0564. The third-order valence-electron chi connectivity index (χ3n) is 3.89. The highest BCUT2D eigenvalue weighted by Crippen LogP contribution is 2.10. The lowest BCUT2D eigenvalue weighted by atomic mass is 10.3. The molecule has 136 valence electrons. The first-order valence-corrected chi connectivity index (χ1v) is 8.12. The number of carbonyl (C=O) groups is 1. The molecular weight excluding hydrogens is 435 g/mol. The molecule has 2 aromatic rings. The molecule has 1 fully saturated rings. The van der Waals surface area contributed by atoms with Crippen LogP contribution >= 0.6 is 24.0 Å². The van der Waals surface area contributed by atoms with Crippen LogP contribution in [0.5, 0.6) is 0 Å². The van der Waals surface area contributed by atoms with Gasteiger partial charge < -0.3 is 19.5 Å². The van der Waals surface area contributed by atoms with Crippen LogP contribution < -0.4 is 5.32 Å². The molecule has 3 rings (SSSR count). The van der Waals surface area contributed by atoms with Crippen LogP contribution in [0.25, 0.3) is 0 Å². The van der Waals surface area contributed by atoms with E-state index >= 15 is 0 Å². The molecule has 0 atom stereocenters. The average molecular weight is 458 g/mol. The zero-order valence-corrected chi connectivity index (χ0v) is 16.5. The highest BCUT2D eigenvalue weighted by atomic mass is 127. The van der Waals surface area contributed by atoms with Crippen LogP contribution in [0.1, 0.15) is 23.2 Å². The van der Waals surface area contributed by atoms with E-state index in [1.165, 1.54) is 6.26 Å². The number of guanidine groups is 1. The van der Waals surface area contributed by atoms with Crippen molar-refractivity contribution in [3.05, 3.63) is 42.1 Å². The third-order valence-corrected chi connectivity index (χ3v) is 3.89. The van der Waals surface area contributed by atoms with Gasteiger partial charge in [-0.1, -0.05) is 0 Å². The number of hydrogen-bond donors (Lipinski definition) is 2. The molecule has 8 nitrogen and oxygen atoms in total. The minimum absolute atomic E-state index is 0. The Morgan fingerprint density at radius 1 is 1.32 bits per heavy atom. The van der Waals surface area contributed by atoms with Crippen molar-refractivity contribution in [2.24, 2.45) is 4.99 Å². The first kappa shape index (κ1) is 19.3. The Kier molecular flexibility index (Phi) is 7.29. The van der Waals surface area contributed by atoms with Crippen molar-refractivity contribution in [3.8, 4) is 0 Å². The number of aromatic amines is 1. The normalized spacial score (nSPS) is 15.0. The van der Waals surface area contributed by atoms with Gasteiger partial charge in [-0.05, 0) is 25.1 Å². The Bertz CT molecular complexity index is 663. The Morgan fingerprint density at radius 3 is 2.68 bits per heavy atom. The smallest absolute Gasteiger partial charge is 0.289 e. The molecule has 3 heterocycles. The number of aliphatic imine (C=N–C) groups is 1. The summed E-state index contributed by atoms with van der Waals surface area (Å²) in [5.74, 6) is 1.19. The van der Waals surface area contributed by atoms with Crippen molar-refractivity contribution in [3.63, 3.8) is 0 Å². The predicted molar refractivity (Wildman–Crippen MR) is 105 cm³/mol. The van der Waals surface area contributed by atoms with Gasteiger partial charge in [0.15, 0.2) is 11.7 Å². The fraction of sp³-hybridized carbons (Fsp3) is 0.438. The van der Waals surface area contributed by atoms with Crippen molar-refractivity contribution in [1.29, 1.82) is 0 Å². The first-order valence-electron chi connectivity index (χ1n) is 8.12. The molecule has 0 saturated carbocycles. The zero-order valence-electron chi connectivity index (χ0n) is 14.1. The van der Waals surface area contributed by atoms with Gasteiger partial charge in [0, 0.05) is 38.9 Å². The molecule has 0 bridgehead atoms. The molecule has 0 spiro atoms. The van der Waals surface area contributed by atoms with Crippen LogP contribution in [0.3, 0.4) is 0 Å². The largest absolute Gasteiger partial charge is 0.459 e. The van der Waals surface area contributed by atoms with E-state index in [9.17, 15) is 4.79 Å². The van der Waals surface area contributed by atoms with E-state index in [2.05, 4.69) is 25.4 Å². The molecule has 0 aliphatic carbocycles. The summed E-state index contributed by atoms with van der Waals surface area (Å²) in [7, 11) is 0. The lowest BCUT2D eigenvalue weighted by Crippen LogP contribution is -2.53. The summed E-state index contributed by atoms with van der Waals surface area (Å²) in [6.45, 7) is 6.16. The first-order chi connectivity index (χ1) is 11.8. The molecule has 2 aromatic heterocycles. The number of carbonyl (C=O) groups excluding carboxylic acids is 1. The Balaban J connectivity index is 0.00000225. The van der Waals surface area contributed by atoms with Gasteiger partial charge in [-0.15, -0.1) is 24.0 Å². The van der Waals surface area contributed by atoms with Crippen molar-refractivity contribution >= 4 is 35.8 Å². The second-order valence-electron chi connectivity index (χ2n) is 5.51. The summed E-state index contributed by atoms with van der Waals surface area (Å²) < 4.78 is 5.19. The quantitative estimate of drug-likeness (QED) is 0.412. The monoisotopic (exact) mass is 458 g/mol. The van der Waals surface area contributed by atoms with Crippen molar-refractivity contribution < 1.29 is 9.21 Å². The number of furan rings is 1. The summed E-state index contributed by atoms with van der Waals surface area (Å²) >= 11 is 0. The molecule has 0 unspecified atom stereocenters. The Morgan fingerprint density at radius 2 is 2.08 bits per heavy atom. The molecule has 1 aliphatic heterocycles. The molecule has 1 saturated heterocycles. The van der Waals surface area contributed by atoms with E-state index in [-0.39, 0.29) is 29.9 Å². The number of halogens is 1.